The molecule has 1 heterocycles. The number of aliphatic imine (C=N–C) groups is 1. The first-order valence-corrected chi connectivity index (χ1v) is 18.5. The first-order chi connectivity index (χ1) is 22.4. The smallest absolute Gasteiger partial charge is 0.168 e. The second-order valence-corrected chi connectivity index (χ2v) is 14.0. The van der Waals surface area contributed by atoms with E-state index in [0.717, 1.165) is 80.5 Å². The van der Waals surface area contributed by atoms with Gasteiger partial charge in [0.2, 0.25) is 0 Å². The summed E-state index contributed by atoms with van der Waals surface area (Å²) in [4.78, 5) is 27.0. The molecular weight excluding hydrogens is 566 g/mol. The summed E-state index contributed by atoms with van der Waals surface area (Å²) in [6.07, 6.45) is 21.5. The minimum atomic E-state index is -0.0910. The SMILES string of the molecule is C=Nc1c(C(=O)CCCC)c(O)c2cnc(CCCc3ccc(CC4CCC(CCCC)CCCC4C)cc3)nc2c1CCCC. The topological polar surface area (TPSA) is 75.4 Å². The van der Waals surface area contributed by atoms with Gasteiger partial charge in [-0.25, -0.2) is 9.97 Å². The van der Waals surface area contributed by atoms with E-state index in [9.17, 15) is 9.90 Å². The van der Waals surface area contributed by atoms with Gasteiger partial charge in [-0.05, 0) is 80.5 Å². The van der Waals surface area contributed by atoms with Gasteiger partial charge in [-0.1, -0.05) is 110 Å². The maximum atomic E-state index is 13.1. The molecule has 3 unspecified atom stereocenters. The fourth-order valence-corrected chi connectivity index (χ4v) is 7.47. The van der Waals surface area contributed by atoms with Crippen molar-refractivity contribution in [2.24, 2.45) is 22.7 Å². The highest BCUT2D eigenvalue weighted by Gasteiger charge is 2.25. The first-order valence-electron chi connectivity index (χ1n) is 18.5. The number of benzene rings is 2. The molecule has 2 aromatic carbocycles. The highest BCUT2D eigenvalue weighted by molar-refractivity contribution is 6.10. The fourth-order valence-electron chi connectivity index (χ4n) is 7.47. The highest BCUT2D eigenvalue weighted by atomic mass is 16.3. The van der Waals surface area contributed by atoms with Crippen molar-refractivity contribution in [1.29, 1.82) is 0 Å². The van der Waals surface area contributed by atoms with Crippen LogP contribution in [0.3, 0.4) is 0 Å². The molecule has 5 heteroatoms. The Labute approximate surface area is 278 Å². The van der Waals surface area contributed by atoms with Crippen molar-refractivity contribution in [1.82, 2.24) is 9.97 Å². The highest BCUT2D eigenvalue weighted by Crippen LogP contribution is 2.41. The van der Waals surface area contributed by atoms with Gasteiger partial charge in [0.25, 0.3) is 0 Å². The number of aromatic hydroxyl groups is 1. The summed E-state index contributed by atoms with van der Waals surface area (Å²) in [5.74, 6) is 3.16. The number of carbonyl (C=O) groups excluding carboxylic acids is 1. The van der Waals surface area contributed by atoms with Crippen molar-refractivity contribution in [3.05, 3.63) is 58.5 Å². The number of Topliss-reactive ketones (excluding diaryl/α,β-unsaturated/α-hetero) is 1. The Hall–Kier alpha value is -3.08. The molecule has 4 rings (SSSR count). The summed E-state index contributed by atoms with van der Waals surface area (Å²) < 4.78 is 0. The molecule has 1 N–H and O–H groups in total. The monoisotopic (exact) mass is 625 g/mol. The zero-order chi connectivity index (χ0) is 32.9. The van der Waals surface area contributed by atoms with Gasteiger partial charge >= 0.3 is 0 Å². The number of hydrogen-bond donors (Lipinski definition) is 1. The van der Waals surface area contributed by atoms with Crippen molar-refractivity contribution in [2.45, 2.75) is 143 Å². The van der Waals surface area contributed by atoms with Crippen LogP contribution in [0.5, 0.6) is 5.75 Å². The molecule has 0 spiro atoms. The van der Waals surface area contributed by atoms with E-state index in [4.69, 9.17) is 4.98 Å². The van der Waals surface area contributed by atoms with Crippen LogP contribution in [0, 0.1) is 17.8 Å². The molecule has 3 atom stereocenters. The van der Waals surface area contributed by atoms with Gasteiger partial charge in [0.05, 0.1) is 22.2 Å². The minimum Gasteiger partial charge on any atom is -0.506 e. The Bertz CT molecular complexity index is 1410. The molecule has 0 bridgehead atoms. The van der Waals surface area contributed by atoms with Crippen LogP contribution in [-0.2, 0) is 25.7 Å². The Morgan fingerprint density at radius 2 is 1.65 bits per heavy atom. The lowest BCUT2D eigenvalue weighted by Crippen LogP contribution is -2.19. The lowest BCUT2D eigenvalue weighted by molar-refractivity contribution is 0.0978. The van der Waals surface area contributed by atoms with Crippen molar-refractivity contribution in [2.75, 3.05) is 0 Å². The Kier molecular flexibility index (Phi) is 14.2. The predicted octanol–water partition coefficient (Wildman–Crippen LogP) is 11.1. The van der Waals surface area contributed by atoms with E-state index in [-0.39, 0.29) is 17.1 Å². The van der Waals surface area contributed by atoms with Crippen molar-refractivity contribution in [3.8, 4) is 5.75 Å². The first kappa shape index (κ1) is 35.8. The molecule has 0 radical (unpaired) electrons. The van der Waals surface area contributed by atoms with Crippen LogP contribution in [-0.4, -0.2) is 27.6 Å². The molecule has 0 saturated heterocycles. The van der Waals surface area contributed by atoms with Crippen LogP contribution in [0.15, 0.2) is 35.5 Å². The van der Waals surface area contributed by atoms with Crippen LogP contribution in [0.1, 0.15) is 150 Å². The van der Waals surface area contributed by atoms with Crippen LogP contribution in [0.25, 0.3) is 10.9 Å². The zero-order valence-corrected chi connectivity index (χ0v) is 29.3. The molecule has 1 saturated carbocycles. The summed E-state index contributed by atoms with van der Waals surface area (Å²) in [5.41, 5.74) is 5.21. The van der Waals surface area contributed by atoms with E-state index >= 15 is 0 Å². The lowest BCUT2D eigenvalue weighted by Gasteiger charge is -2.30. The number of fused-ring (bicyclic) bond motifs is 1. The van der Waals surface area contributed by atoms with Gasteiger partial charge in [0.1, 0.15) is 11.6 Å². The number of aryl methyl sites for hydroxylation is 3. The molecule has 46 heavy (non-hydrogen) atoms. The second kappa shape index (κ2) is 18.3. The molecular formula is C41H59N3O2. The lowest BCUT2D eigenvalue weighted by atomic mass is 9.76. The van der Waals surface area contributed by atoms with Gasteiger partial charge in [0, 0.05) is 24.6 Å². The van der Waals surface area contributed by atoms with E-state index in [0.29, 0.717) is 23.0 Å². The van der Waals surface area contributed by atoms with Crippen LogP contribution in [0.2, 0.25) is 0 Å². The average molecular weight is 626 g/mol. The molecule has 1 aliphatic rings. The molecule has 1 aromatic heterocycles. The summed E-state index contributed by atoms with van der Waals surface area (Å²) in [5, 5.41) is 11.8. The third kappa shape index (κ3) is 9.48. The standard InChI is InChI=1S/C41H59N3O2/c1-6-9-15-30-16-12-14-29(4)33(26-25-30)27-32-23-21-31(22-24-32)17-13-20-37-43-28-35-39(44-37)34(18-10-7-2)40(42-5)38(41(35)46)36(45)19-11-8-3/h21-24,28-30,33,46H,5-20,25-27H2,1-4H3. The van der Waals surface area contributed by atoms with Gasteiger partial charge in [-0.2, -0.15) is 0 Å². The number of aromatic nitrogens is 2. The normalized spacial score (nSPS) is 18.7. The second-order valence-electron chi connectivity index (χ2n) is 14.0. The molecule has 250 valence electrons. The maximum absolute atomic E-state index is 13.1. The van der Waals surface area contributed by atoms with E-state index < -0.39 is 0 Å². The molecule has 0 aliphatic heterocycles. The number of ketones is 1. The van der Waals surface area contributed by atoms with E-state index in [1.807, 2.05) is 0 Å². The predicted molar refractivity (Wildman–Crippen MR) is 194 cm³/mol. The van der Waals surface area contributed by atoms with Gasteiger partial charge < -0.3 is 5.11 Å². The van der Waals surface area contributed by atoms with Crippen molar-refractivity contribution in [3.63, 3.8) is 0 Å². The summed E-state index contributed by atoms with van der Waals surface area (Å²) in [6.45, 7) is 12.8. The summed E-state index contributed by atoms with van der Waals surface area (Å²) in [7, 11) is 0. The zero-order valence-electron chi connectivity index (χ0n) is 29.3. The largest absolute Gasteiger partial charge is 0.506 e. The van der Waals surface area contributed by atoms with Gasteiger partial charge in [-0.15, -0.1) is 0 Å². The number of hydrogen-bond acceptors (Lipinski definition) is 5. The number of nitrogens with zero attached hydrogens (tertiary/aromatic N) is 3. The Balaban J connectivity index is 1.42. The minimum absolute atomic E-state index is 0.0597. The summed E-state index contributed by atoms with van der Waals surface area (Å²) in [6, 6.07) is 9.34. The Morgan fingerprint density at radius 1 is 0.913 bits per heavy atom. The quantitative estimate of drug-likeness (QED) is 0.120. The van der Waals surface area contributed by atoms with E-state index in [1.54, 1.807) is 6.20 Å². The Morgan fingerprint density at radius 3 is 2.37 bits per heavy atom. The van der Waals surface area contributed by atoms with Gasteiger partial charge in [-0.3, -0.25) is 9.79 Å². The van der Waals surface area contributed by atoms with E-state index in [2.05, 4.69) is 68.7 Å². The molecule has 1 aliphatic carbocycles. The third-order valence-corrected chi connectivity index (χ3v) is 10.5. The van der Waals surface area contributed by atoms with Crippen molar-refractivity contribution >= 4 is 29.1 Å². The molecule has 3 aromatic rings. The number of phenols is 1. The molecule has 0 amide bonds. The van der Waals surface area contributed by atoms with Gasteiger partial charge in [0.15, 0.2) is 5.78 Å². The molecule has 5 nitrogen and oxygen atoms in total. The van der Waals surface area contributed by atoms with Crippen molar-refractivity contribution < 1.29 is 9.90 Å². The van der Waals surface area contributed by atoms with E-state index in [1.165, 1.54) is 68.9 Å². The number of phenolic OH excluding ortho intramolecular Hbond substituents is 1. The third-order valence-electron chi connectivity index (χ3n) is 10.5. The van der Waals surface area contributed by atoms with Crippen LogP contribution in [0.4, 0.5) is 5.69 Å². The summed E-state index contributed by atoms with van der Waals surface area (Å²) >= 11 is 0. The maximum Gasteiger partial charge on any atom is 0.168 e. The molecule has 1 fully saturated rings. The average Bonchev–Trinajstić information content (AvgIpc) is 3.06. The van der Waals surface area contributed by atoms with Crippen LogP contribution >= 0.6 is 0 Å². The fraction of sp³-hybridized carbons (Fsp3) is 0.610. The van der Waals surface area contributed by atoms with Crippen LogP contribution < -0.4 is 0 Å². The number of unbranched alkanes of at least 4 members (excludes halogenated alkanes) is 3. The number of rotatable bonds is 17. The number of carbonyl (C=O) groups is 1.